The van der Waals surface area contributed by atoms with E-state index in [1.165, 1.54) is 30.5 Å². The van der Waals surface area contributed by atoms with Crippen molar-refractivity contribution >= 4 is 23.7 Å². The molecule has 3 aromatic rings. The first-order valence-corrected chi connectivity index (χ1v) is 7.60. The number of rotatable bonds is 2. The van der Waals surface area contributed by atoms with Gasteiger partial charge in [0.05, 0.1) is 5.69 Å². The minimum Gasteiger partial charge on any atom is -0.494 e. The summed E-state index contributed by atoms with van der Waals surface area (Å²) in [5.41, 5.74) is -0.887. The van der Waals surface area contributed by atoms with Gasteiger partial charge in [0.25, 0.3) is 5.56 Å². The van der Waals surface area contributed by atoms with Gasteiger partial charge in [-0.05, 0) is 30.3 Å². The largest absolute Gasteiger partial charge is 0.494 e. The molecule has 2 N–H and O–H groups in total. The highest BCUT2D eigenvalue weighted by Gasteiger charge is 2.19. The molecule has 128 valence electrons. The molecule has 0 atom stereocenters. The summed E-state index contributed by atoms with van der Waals surface area (Å²) in [6.45, 7) is 0. The summed E-state index contributed by atoms with van der Waals surface area (Å²) in [7, 11) is 0. The van der Waals surface area contributed by atoms with Gasteiger partial charge >= 0.3 is 5.69 Å². The van der Waals surface area contributed by atoms with Crippen LogP contribution in [0.25, 0.3) is 17.3 Å². The van der Waals surface area contributed by atoms with Crippen LogP contribution in [0.2, 0.25) is 0 Å². The number of nitrogens with zero attached hydrogens (tertiary/aromatic N) is 3. The van der Waals surface area contributed by atoms with Gasteiger partial charge in [-0.1, -0.05) is 12.1 Å². The van der Waals surface area contributed by atoms with Crippen molar-refractivity contribution in [2.24, 2.45) is 4.99 Å². The number of halogens is 1. The first-order valence-electron chi connectivity index (χ1n) is 7.60. The van der Waals surface area contributed by atoms with Crippen molar-refractivity contribution < 1.29 is 9.50 Å². The smallest absolute Gasteiger partial charge is 0.335 e. The number of benzene rings is 1. The molecule has 0 fully saturated rings. The molecular weight excluding hydrogens is 339 g/mol. The normalized spacial score (nSPS) is 14.0. The number of pyridine rings is 1. The van der Waals surface area contributed by atoms with Crippen LogP contribution in [-0.4, -0.2) is 25.9 Å². The number of fused-ring (bicyclic) bond motifs is 1. The van der Waals surface area contributed by atoms with Crippen LogP contribution in [0.3, 0.4) is 0 Å². The monoisotopic (exact) mass is 350 g/mol. The van der Waals surface area contributed by atoms with Crippen LogP contribution in [-0.2, 0) is 0 Å². The van der Waals surface area contributed by atoms with E-state index in [1.54, 1.807) is 18.3 Å². The van der Waals surface area contributed by atoms with E-state index in [1.807, 2.05) is 0 Å². The Morgan fingerprint density at radius 3 is 2.77 bits per heavy atom. The van der Waals surface area contributed by atoms with Crippen LogP contribution in [0, 0.1) is 5.82 Å². The Balaban J connectivity index is 1.95. The SMILES string of the molecule is O=c1[nH]c(=O)n(-c2ccccc2F)c(O)c1/C=C1/C=Nc2ncccc21. The van der Waals surface area contributed by atoms with Gasteiger partial charge in [0.1, 0.15) is 11.4 Å². The number of aliphatic imine (C=N–C) groups is 1. The van der Waals surface area contributed by atoms with E-state index >= 15 is 0 Å². The molecule has 1 aliphatic heterocycles. The molecule has 2 aromatic heterocycles. The Kier molecular flexibility index (Phi) is 3.58. The molecule has 0 radical (unpaired) electrons. The van der Waals surface area contributed by atoms with E-state index in [2.05, 4.69) is 15.0 Å². The average Bonchev–Trinajstić information content (AvgIpc) is 3.03. The number of aromatic hydroxyl groups is 1. The zero-order chi connectivity index (χ0) is 18.3. The molecule has 4 rings (SSSR count). The second-order valence-corrected chi connectivity index (χ2v) is 5.52. The zero-order valence-electron chi connectivity index (χ0n) is 13.2. The minimum atomic E-state index is -0.943. The van der Waals surface area contributed by atoms with Gasteiger partial charge in [0.15, 0.2) is 5.82 Å². The van der Waals surface area contributed by atoms with E-state index in [0.717, 1.165) is 6.07 Å². The number of allylic oxidation sites excluding steroid dienone is 1. The van der Waals surface area contributed by atoms with Crippen LogP contribution in [0.4, 0.5) is 10.2 Å². The highest BCUT2D eigenvalue weighted by atomic mass is 19.1. The summed E-state index contributed by atoms with van der Waals surface area (Å²) in [5.74, 6) is -0.897. The molecule has 0 bridgehead atoms. The first kappa shape index (κ1) is 15.7. The molecule has 0 amide bonds. The molecular formula is C18H11FN4O3. The molecule has 7 nitrogen and oxygen atoms in total. The molecule has 1 aromatic carbocycles. The lowest BCUT2D eigenvalue weighted by Crippen LogP contribution is -2.30. The Hall–Kier alpha value is -3.81. The lowest BCUT2D eigenvalue weighted by Gasteiger charge is -2.10. The Labute approximate surface area is 145 Å². The number of aromatic nitrogens is 3. The quantitative estimate of drug-likeness (QED) is 0.738. The minimum absolute atomic E-state index is 0.173. The Bertz CT molecular complexity index is 1210. The topological polar surface area (TPSA) is 100 Å². The molecule has 3 heterocycles. The van der Waals surface area contributed by atoms with E-state index < -0.39 is 22.9 Å². The number of hydrogen-bond donors (Lipinski definition) is 2. The highest BCUT2D eigenvalue weighted by Crippen LogP contribution is 2.31. The molecule has 1 aliphatic rings. The van der Waals surface area contributed by atoms with Crippen molar-refractivity contribution in [3.8, 4) is 11.6 Å². The van der Waals surface area contributed by atoms with Crippen molar-refractivity contribution in [1.82, 2.24) is 14.5 Å². The van der Waals surface area contributed by atoms with Crippen LogP contribution in [0.5, 0.6) is 5.88 Å². The summed E-state index contributed by atoms with van der Waals surface area (Å²) < 4.78 is 14.8. The predicted molar refractivity (Wildman–Crippen MR) is 94.5 cm³/mol. The van der Waals surface area contributed by atoms with Crippen LogP contribution in [0.15, 0.2) is 57.2 Å². The number of hydrogen-bond acceptors (Lipinski definition) is 5. The van der Waals surface area contributed by atoms with Gasteiger partial charge in [-0.25, -0.2) is 23.7 Å². The summed E-state index contributed by atoms with van der Waals surface area (Å²) >= 11 is 0. The number of aromatic amines is 1. The van der Waals surface area contributed by atoms with Crippen molar-refractivity contribution in [2.45, 2.75) is 0 Å². The second-order valence-electron chi connectivity index (χ2n) is 5.52. The van der Waals surface area contributed by atoms with Crippen LogP contribution >= 0.6 is 0 Å². The van der Waals surface area contributed by atoms with Crippen molar-refractivity contribution in [3.63, 3.8) is 0 Å². The summed E-state index contributed by atoms with van der Waals surface area (Å²) in [6, 6.07) is 8.91. The van der Waals surface area contributed by atoms with E-state index in [0.29, 0.717) is 21.5 Å². The first-order chi connectivity index (χ1) is 12.6. The van der Waals surface area contributed by atoms with Gasteiger partial charge < -0.3 is 5.11 Å². The fourth-order valence-corrected chi connectivity index (χ4v) is 2.72. The predicted octanol–water partition coefficient (Wildman–Crippen LogP) is 2.02. The van der Waals surface area contributed by atoms with Gasteiger partial charge in [-0.15, -0.1) is 0 Å². The maximum absolute atomic E-state index is 14.1. The number of H-pyrrole nitrogens is 1. The highest BCUT2D eigenvalue weighted by molar-refractivity contribution is 6.21. The second kappa shape index (κ2) is 5.92. The summed E-state index contributed by atoms with van der Waals surface area (Å²) in [6.07, 6.45) is 4.46. The van der Waals surface area contributed by atoms with Gasteiger partial charge in [-0.3, -0.25) is 9.78 Å². The molecule has 8 heteroatoms. The van der Waals surface area contributed by atoms with E-state index in [9.17, 15) is 19.1 Å². The lowest BCUT2D eigenvalue weighted by atomic mass is 10.1. The fourth-order valence-electron chi connectivity index (χ4n) is 2.72. The Morgan fingerprint density at radius 1 is 1.15 bits per heavy atom. The molecule has 0 saturated heterocycles. The zero-order valence-corrected chi connectivity index (χ0v) is 13.2. The van der Waals surface area contributed by atoms with Crippen LogP contribution in [0.1, 0.15) is 11.1 Å². The maximum atomic E-state index is 14.1. The van der Waals surface area contributed by atoms with E-state index in [4.69, 9.17) is 0 Å². The van der Waals surface area contributed by atoms with Gasteiger partial charge in [0, 0.05) is 23.5 Å². The third-order valence-electron chi connectivity index (χ3n) is 3.94. The standard InChI is InChI=1S/C18H11FN4O3/c19-13-5-1-2-6-14(13)23-17(25)12(16(24)22-18(23)26)8-10-9-21-15-11(10)4-3-7-20-15/h1-9,25H,(H,22,24,26)/b10-8-. The summed E-state index contributed by atoms with van der Waals surface area (Å²) in [5, 5.41) is 10.5. The fraction of sp³-hybridized carbons (Fsp3) is 0. The third-order valence-corrected chi connectivity index (χ3v) is 3.94. The molecule has 0 saturated carbocycles. The Morgan fingerprint density at radius 2 is 1.96 bits per heavy atom. The maximum Gasteiger partial charge on any atom is 0.335 e. The van der Waals surface area contributed by atoms with Crippen molar-refractivity contribution in [3.05, 3.63) is 80.4 Å². The van der Waals surface area contributed by atoms with E-state index in [-0.39, 0.29) is 11.3 Å². The number of nitrogens with one attached hydrogen (secondary N) is 1. The van der Waals surface area contributed by atoms with Crippen LogP contribution < -0.4 is 11.2 Å². The molecule has 0 spiro atoms. The van der Waals surface area contributed by atoms with Crippen molar-refractivity contribution in [2.75, 3.05) is 0 Å². The molecule has 0 aliphatic carbocycles. The lowest BCUT2D eigenvalue weighted by molar-refractivity contribution is 0.426. The summed E-state index contributed by atoms with van der Waals surface area (Å²) in [4.78, 5) is 34.6. The van der Waals surface area contributed by atoms with Gasteiger partial charge in [-0.2, -0.15) is 0 Å². The molecule has 0 unspecified atom stereocenters. The average molecular weight is 350 g/mol. The van der Waals surface area contributed by atoms with Gasteiger partial charge in [0.2, 0.25) is 5.88 Å². The number of para-hydroxylation sites is 1. The third kappa shape index (κ3) is 2.44. The van der Waals surface area contributed by atoms with Crippen molar-refractivity contribution in [1.29, 1.82) is 0 Å². The molecule has 26 heavy (non-hydrogen) atoms.